The summed E-state index contributed by atoms with van der Waals surface area (Å²) in [6.45, 7) is 3.53. The number of hydrogen-bond donors (Lipinski definition) is 2. The molecule has 1 fully saturated rings. The topological polar surface area (TPSA) is 123 Å². The van der Waals surface area contributed by atoms with E-state index in [1.165, 1.54) is 38.3 Å². The normalized spacial score (nSPS) is 15.4. The van der Waals surface area contributed by atoms with Crippen molar-refractivity contribution in [2.24, 2.45) is 5.92 Å². The van der Waals surface area contributed by atoms with Crippen LogP contribution in [0.4, 0.5) is 0 Å². The van der Waals surface area contributed by atoms with Gasteiger partial charge >= 0.3 is 5.69 Å². The number of nitrogens with one attached hydrogen (secondary N) is 2. The van der Waals surface area contributed by atoms with E-state index in [2.05, 4.69) is 27.2 Å². The van der Waals surface area contributed by atoms with Crippen molar-refractivity contribution in [1.82, 2.24) is 25.0 Å². The minimum Gasteiger partial charge on any atom is -0.434 e. The molecule has 1 atom stereocenters. The third kappa shape index (κ3) is 4.89. The zero-order valence-electron chi connectivity index (χ0n) is 18.2. The molecular formula is C22H23Cl2N5O4. The van der Waals surface area contributed by atoms with Crippen molar-refractivity contribution in [3.05, 3.63) is 70.7 Å². The second-order valence-corrected chi connectivity index (χ2v) is 9.09. The fourth-order valence-corrected chi connectivity index (χ4v) is 4.76. The van der Waals surface area contributed by atoms with E-state index in [0.717, 1.165) is 17.5 Å². The van der Waals surface area contributed by atoms with Gasteiger partial charge in [0, 0.05) is 11.6 Å². The average molecular weight is 492 g/mol. The third-order valence-corrected chi connectivity index (χ3v) is 6.64. The van der Waals surface area contributed by atoms with E-state index in [1.807, 2.05) is 0 Å². The predicted octanol–water partition coefficient (Wildman–Crippen LogP) is 4.10. The lowest BCUT2D eigenvalue weighted by atomic mass is 9.78. The Morgan fingerprint density at radius 3 is 2.39 bits per heavy atom. The summed E-state index contributed by atoms with van der Waals surface area (Å²) in [6, 6.07) is 4.49. The summed E-state index contributed by atoms with van der Waals surface area (Å²) in [7, 11) is 0. The number of aryl methyl sites for hydroxylation is 1. The number of benzene rings is 1. The van der Waals surface area contributed by atoms with Crippen LogP contribution in [0.5, 0.6) is 11.6 Å². The molecule has 0 bridgehead atoms. The van der Waals surface area contributed by atoms with Crippen molar-refractivity contribution < 1.29 is 4.74 Å². The number of ether oxygens (including phenoxy) is 1. The Labute approximate surface area is 198 Å². The molecule has 2 N–H and O–H groups in total. The third-order valence-electron chi connectivity index (χ3n) is 6.08. The molecule has 33 heavy (non-hydrogen) atoms. The lowest BCUT2D eigenvalue weighted by Crippen LogP contribution is -2.32. The van der Waals surface area contributed by atoms with Gasteiger partial charge in [-0.3, -0.25) is 14.6 Å². The van der Waals surface area contributed by atoms with Crippen LogP contribution in [0.1, 0.15) is 56.2 Å². The minimum atomic E-state index is -0.727. The van der Waals surface area contributed by atoms with Crippen molar-refractivity contribution in [1.29, 1.82) is 0 Å². The van der Waals surface area contributed by atoms with Crippen LogP contribution in [0.15, 0.2) is 32.6 Å². The van der Waals surface area contributed by atoms with Gasteiger partial charge in [-0.15, -0.1) is 5.10 Å². The number of aromatic amines is 2. The molecule has 0 spiro atoms. The van der Waals surface area contributed by atoms with E-state index in [0.29, 0.717) is 11.5 Å². The van der Waals surface area contributed by atoms with Crippen molar-refractivity contribution in [3.8, 4) is 17.3 Å². The Kier molecular flexibility index (Phi) is 6.71. The highest BCUT2D eigenvalue weighted by Crippen LogP contribution is 2.39. The van der Waals surface area contributed by atoms with Gasteiger partial charge < -0.3 is 4.74 Å². The Morgan fingerprint density at radius 1 is 1.06 bits per heavy atom. The summed E-state index contributed by atoms with van der Waals surface area (Å²) in [5, 5.41) is 10.7. The molecule has 174 valence electrons. The van der Waals surface area contributed by atoms with E-state index in [-0.39, 0.29) is 44.5 Å². The van der Waals surface area contributed by atoms with E-state index < -0.39 is 11.2 Å². The summed E-state index contributed by atoms with van der Waals surface area (Å²) in [6.07, 6.45) is 5.76. The Morgan fingerprint density at radius 2 is 1.73 bits per heavy atom. The Balaban J connectivity index is 1.65. The van der Waals surface area contributed by atoms with E-state index in [4.69, 9.17) is 27.9 Å². The first-order valence-electron chi connectivity index (χ1n) is 10.7. The number of H-pyrrole nitrogens is 2. The first-order valence-corrected chi connectivity index (χ1v) is 11.5. The van der Waals surface area contributed by atoms with Gasteiger partial charge in [-0.05, 0) is 43.7 Å². The molecule has 1 aliphatic rings. The van der Waals surface area contributed by atoms with E-state index in [9.17, 15) is 14.4 Å². The van der Waals surface area contributed by atoms with E-state index >= 15 is 0 Å². The molecule has 0 aliphatic heterocycles. The molecule has 2 heterocycles. The summed E-state index contributed by atoms with van der Waals surface area (Å²) >= 11 is 12.8. The van der Waals surface area contributed by atoms with E-state index in [1.54, 1.807) is 6.07 Å². The van der Waals surface area contributed by atoms with Crippen LogP contribution in [0, 0.1) is 12.8 Å². The summed E-state index contributed by atoms with van der Waals surface area (Å²) < 4.78 is 6.81. The number of rotatable bonds is 5. The van der Waals surface area contributed by atoms with Gasteiger partial charge in [0.05, 0.1) is 15.7 Å². The fourth-order valence-electron chi connectivity index (χ4n) is 4.21. The van der Waals surface area contributed by atoms with Crippen molar-refractivity contribution in [2.75, 3.05) is 0 Å². The highest BCUT2D eigenvalue weighted by atomic mass is 35.5. The molecule has 0 saturated heterocycles. The van der Waals surface area contributed by atoms with Crippen LogP contribution in [-0.4, -0.2) is 25.0 Å². The quantitative estimate of drug-likeness (QED) is 0.553. The van der Waals surface area contributed by atoms with Gasteiger partial charge in [0.1, 0.15) is 5.69 Å². The molecule has 1 saturated carbocycles. The molecule has 0 radical (unpaired) electrons. The number of hydrogen-bond acceptors (Lipinski definition) is 6. The standard InChI is InChI=1S/C22H23Cl2N5O4/c1-11(13-6-4-3-5-7-13)15-10-18(26-27-21(15)31)33-19-16(23)8-14(9-17(19)24)29-22(32)25-20(30)12(2)28-29/h8-11,13H,3-7H2,1-2H3,(H,27,31)(H,25,30,32)/t11-/m1/s1. The van der Waals surface area contributed by atoms with Crippen LogP contribution in [0.25, 0.3) is 5.69 Å². The smallest absolute Gasteiger partial charge is 0.349 e. The van der Waals surface area contributed by atoms with Gasteiger partial charge in [0.15, 0.2) is 5.75 Å². The Bertz CT molecular complexity index is 1330. The second kappa shape index (κ2) is 9.52. The van der Waals surface area contributed by atoms with Gasteiger partial charge in [-0.1, -0.05) is 49.4 Å². The van der Waals surface area contributed by atoms with Crippen molar-refractivity contribution in [3.63, 3.8) is 0 Å². The molecule has 0 amide bonds. The molecule has 1 aromatic carbocycles. The first-order chi connectivity index (χ1) is 15.7. The number of halogens is 2. The van der Waals surface area contributed by atoms with Crippen LogP contribution >= 0.6 is 23.2 Å². The maximum absolute atomic E-state index is 12.4. The predicted molar refractivity (Wildman–Crippen MR) is 125 cm³/mol. The summed E-state index contributed by atoms with van der Waals surface area (Å²) in [5.74, 6) is 0.772. The summed E-state index contributed by atoms with van der Waals surface area (Å²) in [4.78, 5) is 38.3. The lowest BCUT2D eigenvalue weighted by molar-refractivity contribution is 0.314. The minimum absolute atomic E-state index is 0.0640. The zero-order valence-corrected chi connectivity index (χ0v) is 19.7. The van der Waals surface area contributed by atoms with Crippen LogP contribution < -0.4 is 21.5 Å². The van der Waals surface area contributed by atoms with Crippen LogP contribution in [-0.2, 0) is 0 Å². The second-order valence-electron chi connectivity index (χ2n) is 8.27. The molecule has 9 nitrogen and oxygen atoms in total. The fraction of sp³-hybridized carbons (Fsp3) is 0.409. The Hall–Kier alpha value is -2.91. The molecule has 3 aromatic rings. The van der Waals surface area contributed by atoms with Crippen molar-refractivity contribution >= 4 is 23.2 Å². The van der Waals surface area contributed by atoms with Crippen LogP contribution in [0.2, 0.25) is 10.0 Å². The largest absolute Gasteiger partial charge is 0.434 e. The molecule has 4 rings (SSSR count). The average Bonchev–Trinajstić information content (AvgIpc) is 2.79. The monoisotopic (exact) mass is 491 g/mol. The maximum Gasteiger partial charge on any atom is 0.349 e. The summed E-state index contributed by atoms with van der Waals surface area (Å²) in [5.41, 5.74) is -0.574. The lowest BCUT2D eigenvalue weighted by Gasteiger charge is -2.27. The van der Waals surface area contributed by atoms with Crippen LogP contribution in [0.3, 0.4) is 0 Å². The number of nitrogens with zero attached hydrogens (tertiary/aromatic N) is 3. The van der Waals surface area contributed by atoms with Crippen molar-refractivity contribution in [2.45, 2.75) is 51.9 Å². The molecule has 2 aromatic heterocycles. The first kappa shape index (κ1) is 23.3. The highest BCUT2D eigenvalue weighted by molar-refractivity contribution is 6.37. The van der Waals surface area contributed by atoms with Gasteiger partial charge in [0.25, 0.3) is 11.1 Å². The van der Waals surface area contributed by atoms with Gasteiger partial charge in [0.2, 0.25) is 5.88 Å². The molecule has 1 aliphatic carbocycles. The maximum atomic E-state index is 12.4. The molecule has 0 unspecified atom stereocenters. The highest BCUT2D eigenvalue weighted by Gasteiger charge is 2.24. The van der Waals surface area contributed by atoms with Gasteiger partial charge in [-0.2, -0.15) is 9.78 Å². The van der Waals surface area contributed by atoms with Gasteiger partial charge in [-0.25, -0.2) is 9.89 Å². The molecular weight excluding hydrogens is 469 g/mol. The SMILES string of the molecule is Cc1nn(-c2cc(Cl)c(Oc3cc([C@H](C)C4CCCCC4)c(=O)[nH]n3)c(Cl)c2)c(=O)[nH]c1=O. The zero-order chi connectivity index (χ0) is 23.7. The molecule has 11 heteroatoms. The number of aromatic nitrogens is 5.